The third-order valence-electron chi connectivity index (χ3n) is 4.16. The van der Waals surface area contributed by atoms with Crippen LogP contribution in [0.1, 0.15) is 39.2 Å². The first kappa shape index (κ1) is 19.7. The Morgan fingerprint density at radius 3 is 2.43 bits per heavy atom. The van der Waals surface area contributed by atoms with Crippen molar-refractivity contribution in [3.05, 3.63) is 76.9 Å². The topological polar surface area (TPSA) is 114 Å². The van der Waals surface area contributed by atoms with Gasteiger partial charge in [-0.05, 0) is 43.2 Å². The number of methoxy groups -OCH3 is 1. The molecular formula is C19H20N4O4S. The molecule has 1 aromatic heterocycles. The van der Waals surface area contributed by atoms with E-state index in [9.17, 15) is 13.2 Å². The van der Waals surface area contributed by atoms with E-state index in [1.54, 1.807) is 26.0 Å². The Balaban J connectivity index is 1.99. The smallest absolute Gasteiger partial charge is 0.337 e. The molecule has 8 nitrogen and oxygen atoms in total. The van der Waals surface area contributed by atoms with E-state index >= 15 is 0 Å². The van der Waals surface area contributed by atoms with Crippen LogP contribution in [-0.4, -0.2) is 36.7 Å². The molecule has 2 N–H and O–H groups in total. The van der Waals surface area contributed by atoms with Crippen molar-refractivity contribution in [1.82, 2.24) is 19.9 Å². The highest BCUT2D eigenvalue weighted by molar-refractivity contribution is 7.89. The highest BCUT2D eigenvalue weighted by atomic mass is 32.2. The van der Waals surface area contributed by atoms with E-state index in [-0.39, 0.29) is 10.5 Å². The minimum absolute atomic E-state index is 0.0633. The summed E-state index contributed by atoms with van der Waals surface area (Å²) in [6.45, 7) is 3.36. The van der Waals surface area contributed by atoms with Crippen molar-refractivity contribution in [3.8, 4) is 0 Å². The van der Waals surface area contributed by atoms with E-state index in [1.165, 1.54) is 25.3 Å². The van der Waals surface area contributed by atoms with Gasteiger partial charge in [0.25, 0.3) is 0 Å². The van der Waals surface area contributed by atoms with E-state index in [1.807, 2.05) is 18.2 Å². The average Bonchev–Trinajstić information content (AvgIpc) is 3.12. The first-order valence-electron chi connectivity index (χ1n) is 8.47. The van der Waals surface area contributed by atoms with Gasteiger partial charge in [-0.15, -0.1) is 0 Å². The lowest BCUT2D eigenvalue weighted by Crippen LogP contribution is -2.30. The van der Waals surface area contributed by atoms with Crippen molar-refractivity contribution in [2.45, 2.75) is 24.8 Å². The van der Waals surface area contributed by atoms with E-state index in [0.717, 1.165) is 0 Å². The molecule has 0 radical (unpaired) electrons. The van der Waals surface area contributed by atoms with Gasteiger partial charge in [0.05, 0.1) is 17.6 Å². The van der Waals surface area contributed by atoms with Crippen LogP contribution < -0.4 is 4.72 Å². The maximum Gasteiger partial charge on any atom is 0.337 e. The number of carbonyl (C=O) groups excluding carboxylic acids is 1. The summed E-state index contributed by atoms with van der Waals surface area (Å²) in [6, 6.07) is 12.6. The fraction of sp³-hybridized carbons (Fsp3) is 0.211. The molecule has 2 aromatic carbocycles. The minimum Gasteiger partial charge on any atom is -0.465 e. The molecule has 0 amide bonds. The Morgan fingerprint density at radius 2 is 1.86 bits per heavy atom. The lowest BCUT2D eigenvalue weighted by Gasteiger charge is -2.17. The van der Waals surface area contributed by atoms with E-state index in [2.05, 4.69) is 24.6 Å². The molecule has 0 fully saturated rings. The molecule has 0 aliphatic rings. The van der Waals surface area contributed by atoms with Crippen LogP contribution in [0.25, 0.3) is 0 Å². The Hall–Kier alpha value is -3.04. The lowest BCUT2D eigenvalue weighted by molar-refractivity contribution is 0.0600. The first-order chi connectivity index (χ1) is 13.3. The Kier molecular flexibility index (Phi) is 5.57. The van der Waals surface area contributed by atoms with Gasteiger partial charge in [-0.2, -0.15) is 9.82 Å². The average molecular weight is 400 g/mol. The molecule has 0 spiro atoms. The van der Waals surface area contributed by atoms with Crippen LogP contribution in [-0.2, 0) is 14.8 Å². The fourth-order valence-electron chi connectivity index (χ4n) is 2.82. The molecule has 0 aliphatic heterocycles. The Morgan fingerprint density at radius 1 is 1.14 bits per heavy atom. The normalized spacial score (nSPS) is 12.5. The maximum atomic E-state index is 13.1. The van der Waals surface area contributed by atoms with Crippen LogP contribution >= 0.6 is 0 Å². The van der Waals surface area contributed by atoms with Gasteiger partial charge in [0.2, 0.25) is 10.0 Å². The predicted octanol–water partition coefficient (Wildman–Crippen LogP) is 2.28. The lowest BCUT2D eigenvalue weighted by atomic mass is 10.1. The van der Waals surface area contributed by atoms with Crippen LogP contribution in [0.4, 0.5) is 0 Å². The summed E-state index contributed by atoms with van der Waals surface area (Å²) < 4.78 is 33.5. The molecule has 0 saturated carbocycles. The monoisotopic (exact) mass is 400 g/mol. The number of sulfonamides is 1. The zero-order valence-corrected chi connectivity index (χ0v) is 16.4. The summed E-state index contributed by atoms with van der Waals surface area (Å²) in [7, 11) is -2.65. The van der Waals surface area contributed by atoms with Crippen LogP contribution in [0.3, 0.4) is 0 Å². The van der Waals surface area contributed by atoms with Gasteiger partial charge < -0.3 is 4.74 Å². The molecule has 3 rings (SSSR count). The molecular weight excluding hydrogens is 380 g/mol. The summed E-state index contributed by atoms with van der Waals surface area (Å²) in [5.41, 5.74) is 1.41. The summed E-state index contributed by atoms with van der Waals surface area (Å²) in [4.78, 5) is 16.0. The molecule has 9 heteroatoms. The number of aromatic nitrogens is 3. The number of carbonyl (C=O) groups is 1. The first-order valence-corrected chi connectivity index (χ1v) is 9.95. The quantitative estimate of drug-likeness (QED) is 0.614. The van der Waals surface area contributed by atoms with Gasteiger partial charge in [-0.25, -0.2) is 18.2 Å². The van der Waals surface area contributed by atoms with E-state index in [4.69, 9.17) is 0 Å². The molecule has 1 atom stereocenters. The van der Waals surface area contributed by atoms with Crippen LogP contribution in [0, 0.1) is 13.8 Å². The van der Waals surface area contributed by atoms with Crippen molar-refractivity contribution in [1.29, 1.82) is 0 Å². The zero-order valence-electron chi connectivity index (χ0n) is 15.6. The predicted molar refractivity (Wildman–Crippen MR) is 102 cm³/mol. The summed E-state index contributed by atoms with van der Waals surface area (Å²) >= 11 is 0. The highest BCUT2D eigenvalue weighted by Crippen LogP contribution is 2.24. The Labute approximate surface area is 163 Å². The van der Waals surface area contributed by atoms with E-state index < -0.39 is 22.0 Å². The number of aromatic amines is 1. The van der Waals surface area contributed by atoms with Crippen molar-refractivity contribution >= 4 is 16.0 Å². The SMILES string of the molecule is COC(=O)c1ccc(S(=O)(=O)NC(c2ccccc2)c2n[nH]c(C)n2)c(C)c1. The third kappa shape index (κ3) is 4.10. The highest BCUT2D eigenvalue weighted by Gasteiger charge is 2.27. The second-order valence-corrected chi connectivity index (χ2v) is 7.90. The second kappa shape index (κ2) is 7.91. The van der Waals surface area contributed by atoms with Crippen molar-refractivity contribution < 1.29 is 17.9 Å². The summed E-state index contributed by atoms with van der Waals surface area (Å²) in [6.07, 6.45) is 0. The number of benzene rings is 2. The fourth-order valence-corrected chi connectivity index (χ4v) is 4.23. The number of aryl methyl sites for hydroxylation is 2. The Bertz CT molecular complexity index is 1090. The van der Waals surface area contributed by atoms with Crippen LogP contribution in [0.2, 0.25) is 0 Å². The van der Waals surface area contributed by atoms with Gasteiger partial charge in [0, 0.05) is 0 Å². The minimum atomic E-state index is -3.92. The molecule has 1 heterocycles. The molecule has 146 valence electrons. The molecule has 3 aromatic rings. The van der Waals surface area contributed by atoms with E-state index in [0.29, 0.717) is 22.8 Å². The zero-order chi connectivity index (χ0) is 20.3. The largest absolute Gasteiger partial charge is 0.465 e. The number of hydrogen-bond acceptors (Lipinski definition) is 6. The van der Waals surface area contributed by atoms with Crippen molar-refractivity contribution in [2.75, 3.05) is 7.11 Å². The number of hydrogen-bond donors (Lipinski definition) is 2. The third-order valence-corrected chi connectivity index (χ3v) is 5.75. The van der Waals surface area contributed by atoms with Crippen LogP contribution in [0.5, 0.6) is 0 Å². The second-order valence-electron chi connectivity index (χ2n) is 6.22. The molecule has 0 bridgehead atoms. The van der Waals surface area contributed by atoms with Gasteiger partial charge in [-0.3, -0.25) is 5.10 Å². The van der Waals surface area contributed by atoms with Crippen molar-refractivity contribution in [2.24, 2.45) is 0 Å². The molecule has 28 heavy (non-hydrogen) atoms. The number of ether oxygens (including phenoxy) is 1. The molecule has 0 saturated heterocycles. The number of rotatable bonds is 6. The van der Waals surface area contributed by atoms with Gasteiger partial charge in [0.15, 0.2) is 5.82 Å². The standard InChI is InChI=1S/C19H20N4O4S/c1-12-11-15(19(24)27-3)9-10-16(12)28(25,26)23-17(14-7-5-4-6-8-14)18-20-13(2)21-22-18/h4-11,17,23H,1-3H3,(H,20,21,22). The van der Waals surface area contributed by atoms with Gasteiger partial charge in [0.1, 0.15) is 11.9 Å². The van der Waals surface area contributed by atoms with Gasteiger partial charge in [-0.1, -0.05) is 30.3 Å². The van der Waals surface area contributed by atoms with Crippen molar-refractivity contribution in [3.63, 3.8) is 0 Å². The number of H-pyrrole nitrogens is 1. The number of nitrogens with one attached hydrogen (secondary N) is 2. The van der Waals surface area contributed by atoms with Gasteiger partial charge >= 0.3 is 5.97 Å². The maximum absolute atomic E-state index is 13.1. The number of nitrogens with zero attached hydrogens (tertiary/aromatic N) is 2. The van der Waals surface area contributed by atoms with Crippen LogP contribution in [0.15, 0.2) is 53.4 Å². The molecule has 1 unspecified atom stereocenters. The summed E-state index contributed by atoms with van der Waals surface area (Å²) in [5.74, 6) is 0.364. The number of esters is 1. The molecule has 0 aliphatic carbocycles. The summed E-state index contributed by atoms with van der Waals surface area (Å²) in [5, 5.41) is 6.85.